The zero-order valence-electron chi connectivity index (χ0n) is 5.02. The molecule has 0 fully saturated rings. The van der Waals surface area contributed by atoms with E-state index in [4.69, 9.17) is 5.11 Å². The van der Waals surface area contributed by atoms with Crippen molar-refractivity contribution < 1.29 is 10.0 Å². The van der Waals surface area contributed by atoms with Gasteiger partial charge in [-0.05, 0) is 12.1 Å². The van der Waals surface area contributed by atoms with Gasteiger partial charge in [0.1, 0.15) is 5.75 Å². The lowest BCUT2D eigenvalue weighted by molar-refractivity contribution is -0.384. The highest BCUT2D eigenvalue weighted by molar-refractivity contribution is 5.34. The summed E-state index contributed by atoms with van der Waals surface area (Å²) < 4.78 is 0. The number of rotatable bonds is 1. The van der Waals surface area contributed by atoms with Gasteiger partial charge in [0.15, 0.2) is 0 Å². The van der Waals surface area contributed by atoms with Crippen LogP contribution in [-0.2, 0) is 0 Å². The average molecular weight is 140 g/mol. The topological polar surface area (TPSA) is 63.4 Å². The first-order valence-corrected chi connectivity index (χ1v) is 2.63. The van der Waals surface area contributed by atoms with Crippen LogP contribution in [0.5, 0.6) is 5.75 Å². The van der Waals surface area contributed by atoms with Gasteiger partial charge in [0.2, 0.25) is 0 Å². The van der Waals surface area contributed by atoms with Crippen molar-refractivity contribution in [3.63, 3.8) is 0 Å². The molecule has 0 saturated heterocycles. The third kappa shape index (κ3) is 1.22. The van der Waals surface area contributed by atoms with Gasteiger partial charge in [-0.25, -0.2) is 0 Å². The van der Waals surface area contributed by atoms with E-state index in [0.29, 0.717) is 0 Å². The molecule has 0 aliphatic heterocycles. The molecular weight excluding hydrogens is 135 g/mol. The third-order valence-electron chi connectivity index (χ3n) is 1.06. The van der Waals surface area contributed by atoms with Crippen LogP contribution in [0.4, 0.5) is 5.69 Å². The van der Waals surface area contributed by atoms with Gasteiger partial charge in [-0.2, -0.15) is 0 Å². The van der Waals surface area contributed by atoms with Crippen molar-refractivity contribution in [3.05, 3.63) is 34.4 Å². The van der Waals surface area contributed by atoms with Crippen LogP contribution in [0.25, 0.3) is 0 Å². The molecule has 1 aromatic rings. The first kappa shape index (κ1) is 6.54. The Hall–Kier alpha value is -1.58. The summed E-state index contributed by atoms with van der Waals surface area (Å²) in [6.07, 6.45) is 0. The minimum Gasteiger partial charge on any atom is -0.508 e. The Balaban J connectivity index is 3.00. The smallest absolute Gasteiger partial charge is 0.269 e. The van der Waals surface area contributed by atoms with Crippen LogP contribution in [0, 0.1) is 10.1 Å². The molecule has 0 radical (unpaired) electrons. The SMILES string of the molecule is O=[N+]([O-])c1cc[13c](O)cc1. The highest BCUT2D eigenvalue weighted by atomic mass is 16.6. The summed E-state index contributed by atoms with van der Waals surface area (Å²) in [4.78, 5) is 9.52. The lowest BCUT2D eigenvalue weighted by Gasteiger charge is -1.89. The zero-order valence-corrected chi connectivity index (χ0v) is 5.02. The van der Waals surface area contributed by atoms with Crippen LogP contribution in [-0.4, -0.2) is 10.0 Å². The van der Waals surface area contributed by atoms with Crippen LogP contribution < -0.4 is 0 Å². The minimum absolute atomic E-state index is 0.0159. The Morgan fingerprint density at radius 2 is 1.80 bits per heavy atom. The monoisotopic (exact) mass is 140 g/mol. The fourth-order valence-electron chi connectivity index (χ4n) is 0.574. The molecule has 0 saturated carbocycles. The number of non-ortho nitro benzene ring substituents is 1. The molecule has 0 amide bonds. The molecule has 1 N–H and O–H groups in total. The van der Waals surface area contributed by atoms with E-state index in [1.54, 1.807) is 0 Å². The van der Waals surface area contributed by atoms with Crippen LogP contribution in [0.1, 0.15) is 0 Å². The molecule has 0 aliphatic rings. The maximum Gasteiger partial charge on any atom is 0.269 e. The predicted octanol–water partition coefficient (Wildman–Crippen LogP) is 1.30. The van der Waals surface area contributed by atoms with Gasteiger partial charge in [0, 0.05) is 12.1 Å². The normalized spacial score (nSPS) is 9.20. The summed E-state index contributed by atoms with van der Waals surface area (Å²) in [5.41, 5.74) is -0.0159. The standard InChI is InChI=1S/C6H5NO3/c8-6-3-1-5(2-4-6)7(9)10/h1-4,8H/i6+1. The molecular formula is C6H5NO3. The molecule has 4 heteroatoms. The van der Waals surface area contributed by atoms with Crippen molar-refractivity contribution in [2.75, 3.05) is 0 Å². The second-order valence-electron chi connectivity index (χ2n) is 1.77. The van der Waals surface area contributed by atoms with E-state index in [1.807, 2.05) is 0 Å². The van der Waals surface area contributed by atoms with E-state index >= 15 is 0 Å². The van der Waals surface area contributed by atoms with E-state index in [0.717, 1.165) is 0 Å². The van der Waals surface area contributed by atoms with Crippen molar-refractivity contribution >= 4 is 5.69 Å². The lowest BCUT2D eigenvalue weighted by atomic mass is 10.4. The molecule has 0 atom stereocenters. The highest BCUT2D eigenvalue weighted by Crippen LogP contribution is 2.14. The maximum atomic E-state index is 10.0. The number of aromatic hydroxyl groups is 1. The van der Waals surface area contributed by atoms with E-state index in [2.05, 4.69) is 0 Å². The molecule has 52 valence electrons. The molecule has 10 heavy (non-hydrogen) atoms. The van der Waals surface area contributed by atoms with E-state index in [9.17, 15) is 10.1 Å². The quantitative estimate of drug-likeness (QED) is 0.472. The van der Waals surface area contributed by atoms with Gasteiger partial charge in [-0.15, -0.1) is 0 Å². The molecule has 1 rings (SSSR count). The van der Waals surface area contributed by atoms with Gasteiger partial charge >= 0.3 is 0 Å². The Morgan fingerprint density at radius 1 is 1.30 bits per heavy atom. The molecule has 0 aliphatic carbocycles. The van der Waals surface area contributed by atoms with Crippen LogP contribution in [0.3, 0.4) is 0 Å². The number of phenols is 1. The number of nitrogens with zero attached hydrogens (tertiary/aromatic N) is 1. The zero-order chi connectivity index (χ0) is 7.56. The first-order chi connectivity index (χ1) is 4.70. The largest absolute Gasteiger partial charge is 0.508 e. The Bertz CT molecular complexity index is 242. The Morgan fingerprint density at radius 3 is 2.20 bits per heavy atom. The summed E-state index contributed by atoms with van der Waals surface area (Å²) in [5, 5.41) is 18.8. The van der Waals surface area contributed by atoms with Crippen LogP contribution in [0.15, 0.2) is 24.3 Å². The molecule has 1 aromatic carbocycles. The van der Waals surface area contributed by atoms with Crippen molar-refractivity contribution in [1.29, 1.82) is 0 Å². The Labute approximate surface area is 56.9 Å². The van der Waals surface area contributed by atoms with E-state index in [1.165, 1.54) is 24.3 Å². The molecule has 0 aromatic heterocycles. The summed E-state index contributed by atoms with van der Waals surface area (Å²) >= 11 is 0. The van der Waals surface area contributed by atoms with Gasteiger partial charge in [0.25, 0.3) is 5.69 Å². The van der Waals surface area contributed by atoms with Gasteiger partial charge in [-0.3, -0.25) is 10.1 Å². The van der Waals surface area contributed by atoms with Gasteiger partial charge in [-0.1, -0.05) is 0 Å². The average Bonchev–Trinajstić information content (AvgIpc) is 1.88. The predicted molar refractivity (Wildman–Crippen MR) is 34.8 cm³/mol. The number of benzene rings is 1. The number of hydrogen-bond donors (Lipinski definition) is 1. The number of phenolic OH excluding ortho intramolecular Hbond substituents is 1. The fraction of sp³-hybridized carbons (Fsp3) is 0. The van der Waals surface area contributed by atoms with Crippen LogP contribution in [0.2, 0.25) is 0 Å². The van der Waals surface area contributed by atoms with Crippen LogP contribution >= 0.6 is 0 Å². The van der Waals surface area contributed by atoms with E-state index < -0.39 is 4.92 Å². The van der Waals surface area contributed by atoms with Gasteiger partial charge in [0.05, 0.1) is 4.92 Å². The van der Waals surface area contributed by atoms with Gasteiger partial charge < -0.3 is 5.11 Å². The third-order valence-corrected chi connectivity index (χ3v) is 1.06. The minimum atomic E-state index is -0.514. The lowest BCUT2D eigenvalue weighted by Crippen LogP contribution is -1.85. The summed E-state index contributed by atoms with van der Waals surface area (Å²) in [7, 11) is 0. The number of nitro benzene ring substituents is 1. The summed E-state index contributed by atoms with van der Waals surface area (Å²) in [5.74, 6) is 0.0330. The second kappa shape index (κ2) is 2.34. The highest BCUT2D eigenvalue weighted by Gasteiger charge is 2.01. The number of hydrogen-bond acceptors (Lipinski definition) is 3. The molecule has 0 unspecified atom stereocenters. The van der Waals surface area contributed by atoms with Crippen molar-refractivity contribution in [3.8, 4) is 5.75 Å². The molecule has 4 nitrogen and oxygen atoms in total. The maximum absolute atomic E-state index is 10.0. The van der Waals surface area contributed by atoms with Crippen molar-refractivity contribution in [2.24, 2.45) is 0 Å². The van der Waals surface area contributed by atoms with Crippen molar-refractivity contribution in [1.82, 2.24) is 0 Å². The molecule has 0 bridgehead atoms. The van der Waals surface area contributed by atoms with E-state index in [-0.39, 0.29) is 11.4 Å². The fourth-order valence-corrected chi connectivity index (χ4v) is 0.574. The molecule has 0 heterocycles. The number of nitro groups is 1. The second-order valence-corrected chi connectivity index (χ2v) is 1.77. The van der Waals surface area contributed by atoms with Crippen molar-refractivity contribution in [2.45, 2.75) is 0 Å². The summed E-state index contributed by atoms with van der Waals surface area (Å²) in [6.45, 7) is 0. The summed E-state index contributed by atoms with van der Waals surface area (Å²) in [6, 6.07) is 5.04. The molecule has 0 spiro atoms. The first-order valence-electron chi connectivity index (χ1n) is 2.63. The Kier molecular flexibility index (Phi) is 1.53.